The van der Waals surface area contributed by atoms with Gasteiger partial charge in [-0.25, -0.2) is 0 Å². The molecule has 0 saturated carbocycles. The summed E-state index contributed by atoms with van der Waals surface area (Å²) in [6.45, 7) is 4.04. The number of hydrogen-bond acceptors (Lipinski definition) is 3. The molecule has 1 heterocycles. The number of thioether (sulfide) groups is 1. The Morgan fingerprint density at radius 1 is 1.14 bits per heavy atom. The zero-order chi connectivity index (χ0) is 15.7. The summed E-state index contributed by atoms with van der Waals surface area (Å²) in [7, 11) is 0. The maximum absolute atomic E-state index is 12.3. The number of carbonyl (C=O) groups is 2. The van der Waals surface area contributed by atoms with Crippen molar-refractivity contribution >= 4 is 35.0 Å². The highest BCUT2D eigenvalue weighted by Crippen LogP contribution is 2.32. The molecule has 0 atom stereocenters. The minimum absolute atomic E-state index is 0.0378. The first-order valence-corrected chi connectivity index (χ1v) is 7.97. The normalized spacial score (nSPS) is 13.3. The predicted octanol–water partition coefficient (Wildman–Crippen LogP) is 3.60. The van der Waals surface area contributed by atoms with Crippen LogP contribution in [0, 0.1) is 13.8 Å². The maximum atomic E-state index is 12.3. The van der Waals surface area contributed by atoms with Gasteiger partial charge in [-0.05, 0) is 55.3 Å². The second-order valence-corrected chi connectivity index (χ2v) is 6.32. The van der Waals surface area contributed by atoms with Crippen molar-refractivity contribution in [3.8, 4) is 0 Å². The molecule has 1 aliphatic rings. The highest BCUT2D eigenvalue weighted by molar-refractivity contribution is 8.00. The van der Waals surface area contributed by atoms with E-state index in [1.165, 1.54) is 17.3 Å². The molecule has 2 aromatic rings. The van der Waals surface area contributed by atoms with E-state index in [2.05, 4.69) is 10.6 Å². The second-order valence-electron chi connectivity index (χ2n) is 5.30. The van der Waals surface area contributed by atoms with Crippen LogP contribution in [-0.4, -0.2) is 17.6 Å². The van der Waals surface area contributed by atoms with E-state index in [1.807, 2.05) is 38.1 Å². The van der Waals surface area contributed by atoms with Gasteiger partial charge < -0.3 is 10.6 Å². The molecule has 4 nitrogen and oxygen atoms in total. The maximum Gasteiger partial charge on any atom is 0.255 e. The van der Waals surface area contributed by atoms with Crippen molar-refractivity contribution in [1.82, 2.24) is 0 Å². The number of fused-ring (bicyclic) bond motifs is 1. The van der Waals surface area contributed by atoms with Crippen LogP contribution in [0.1, 0.15) is 21.5 Å². The smallest absolute Gasteiger partial charge is 0.255 e. The lowest BCUT2D eigenvalue weighted by Gasteiger charge is -2.17. The van der Waals surface area contributed by atoms with Gasteiger partial charge in [-0.3, -0.25) is 9.59 Å². The SMILES string of the molecule is Cc1ccc(NC(=O)c2ccc3c(c2)NC(=O)CS3)cc1C. The molecule has 0 radical (unpaired) electrons. The first kappa shape index (κ1) is 14.7. The summed E-state index contributed by atoms with van der Waals surface area (Å²) < 4.78 is 0. The zero-order valence-corrected chi connectivity index (χ0v) is 13.2. The Bertz CT molecular complexity index is 771. The summed E-state index contributed by atoms with van der Waals surface area (Å²) in [6.07, 6.45) is 0. The Morgan fingerprint density at radius 2 is 1.95 bits per heavy atom. The Kier molecular flexibility index (Phi) is 3.90. The van der Waals surface area contributed by atoms with E-state index in [1.54, 1.807) is 12.1 Å². The topological polar surface area (TPSA) is 58.2 Å². The van der Waals surface area contributed by atoms with E-state index < -0.39 is 0 Å². The van der Waals surface area contributed by atoms with Crippen molar-refractivity contribution in [3.05, 3.63) is 53.1 Å². The van der Waals surface area contributed by atoms with Gasteiger partial charge >= 0.3 is 0 Å². The van der Waals surface area contributed by atoms with Crippen molar-refractivity contribution in [3.63, 3.8) is 0 Å². The first-order valence-electron chi connectivity index (χ1n) is 6.98. The number of hydrogen-bond donors (Lipinski definition) is 2. The highest BCUT2D eigenvalue weighted by atomic mass is 32.2. The van der Waals surface area contributed by atoms with Crippen molar-refractivity contribution in [2.24, 2.45) is 0 Å². The van der Waals surface area contributed by atoms with Crippen LogP contribution in [0.15, 0.2) is 41.3 Å². The largest absolute Gasteiger partial charge is 0.324 e. The van der Waals surface area contributed by atoms with E-state index in [0.29, 0.717) is 17.0 Å². The number of amides is 2. The number of anilines is 2. The average Bonchev–Trinajstić information content (AvgIpc) is 2.50. The van der Waals surface area contributed by atoms with Crippen LogP contribution in [0.5, 0.6) is 0 Å². The highest BCUT2D eigenvalue weighted by Gasteiger charge is 2.17. The monoisotopic (exact) mass is 312 g/mol. The lowest BCUT2D eigenvalue weighted by molar-refractivity contribution is -0.113. The summed E-state index contributed by atoms with van der Waals surface area (Å²) in [6, 6.07) is 11.2. The van der Waals surface area contributed by atoms with Gasteiger partial charge in [-0.2, -0.15) is 0 Å². The number of rotatable bonds is 2. The van der Waals surface area contributed by atoms with Crippen LogP contribution < -0.4 is 10.6 Å². The molecule has 0 bridgehead atoms. The van der Waals surface area contributed by atoms with Crippen molar-refractivity contribution in [1.29, 1.82) is 0 Å². The van der Waals surface area contributed by atoms with Gasteiger partial charge in [0.2, 0.25) is 5.91 Å². The van der Waals surface area contributed by atoms with Gasteiger partial charge in [0.1, 0.15) is 0 Å². The molecule has 5 heteroatoms. The average molecular weight is 312 g/mol. The zero-order valence-electron chi connectivity index (χ0n) is 12.4. The summed E-state index contributed by atoms with van der Waals surface area (Å²) in [5, 5.41) is 5.68. The molecular weight excluding hydrogens is 296 g/mol. The fourth-order valence-corrected chi connectivity index (χ4v) is 3.04. The van der Waals surface area contributed by atoms with E-state index in [9.17, 15) is 9.59 Å². The van der Waals surface area contributed by atoms with Crippen LogP contribution in [0.3, 0.4) is 0 Å². The lowest BCUT2D eigenvalue weighted by atomic mass is 10.1. The number of aryl methyl sites for hydroxylation is 2. The van der Waals surface area contributed by atoms with Crippen molar-refractivity contribution < 1.29 is 9.59 Å². The van der Waals surface area contributed by atoms with Gasteiger partial charge in [0, 0.05) is 16.1 Å². The third-order valence-corrected chi connectivity index (χ3v) is 4.71. The van der Waals surface area contributed by atoms with Crippen LogP contribution in [0.4, 0.5) is 11.4 Å². The summed E-state index contributed by atoms with van der Waals surface area (Å²) >= 11 is 1.48. The van der Waals surface area contributed by atoms with E-state index >= 15 is 0 Å². The molecule has 0 spiro atoms. The Morgan fingerprint density at radius 3 is 2.73 bits per heavy atom. The predicted molar refractivity (Wildman–Crippen MR) is 89.7 cm³/mol. The standard InChI is InChI=1S/C17H16N2O2S/c1-10-3-5-13(7-11(10)2)18-17(21)12-4-6-15-14(8-12)19-16(20)9-22-15/h3-8H,9H2,1-2H3,(H,18,21)(H,19,20). The van der Waals surface area contributed by atoms with Crippen LogP contribution in [0.25, 0.3) is 0 Å². The minimum Gasteiger partial charge on any atom is -0.324 e. The molecular formula is C17H16N2O2S. The van der Waals surface area contributed by atoms with Crippen molar-refractivity contribution in [2.75, 3.05) is 16.4 Å². The van der Waals surface area contributed by atoms with Gasteiger partial charge in [0.05, 0.1) is 11.4 Å². The number of carbonyl (C=O) groups excluding carboxylic acids is 2. The number of nitrogens with one attached hydrogen (secondary N) is 2. The molecule has 2 amide bonds. The molecule has 0 unspecified atom stereocenters. The molecule has 0 aromatic heterocycles. The summed E-state index contributed by atoms with van der Waals surface area (Å²) in [5.41, 5.74) is 4.32. The quantitative estimate of drug-likeness (QED) is 0.891. The van der Waals surface area contributed by atoms with Gasteiger partial charge in [0.15, 0.2) is 0 Å². The van der Waals surface area contributed by atoms with Gasteiger partial charge in [-0.15, -0.1) is 11.8 Å². The molecule has 3 rings (SSSR count). The lowest BCUT2D eigenvalue weighted by Crippen LogP contribution is -2.19. The molecule has 0 fully saturated rings. The molecule has 0 aliphatic carbocycles. The van der Waals surface area contributed by atoms with Gasteiger partial charge in [0.25, 0.3) is 5.91 Å². The van der Waals surface area contributed by atoms with Gasteiger partial charge in [-0.1, -0.05) is 6.07 Å². The Balaban J connectivity index is 1.81. The minimum atomic E-state index is -0.184. The molecule has 22 heavy (non-hydrogen) atoms. The van der Waals surface area contributed by atoms with E-state index in [4.69, 9.17) is 0 Å². The summed E-state index contributed by atoms with van der Waals surface area (Å²) in [4.78, 5) is 24.8. The third-order valence-electron chi connectivity index (χ3n) is 3.64. The molecule has 112 valence electrons. The van der Waals surface area contributed by atoms with Crippen LogP contribution in [0.2, 0.25) is 0 Å². The number of benzene rings is 2. The van der Waals surface area contributed by atoms with E-state index in [0.717, 1.165) is 16.1 Å². The van der Waals surface area contributed by atoms with E-state index in [-0.39, 0.29) is 11.8 Å². The molecule has 1 aliphatic heterocycles. The Hall–Kier alpha value is -2.27. The fraction of sp³-hybridized carbons (Fsp3) is 0.176. The van der Waals surface area contributed by atoms with Crippen LogP contribution >= 0.6 is 11.8 Å². The first-order chi connectivity index (χ1) is 10.5. The second kappa shape index (κ2) is 5.85. The van der Waals surface area contributed by atoms with Crippen molar-refractivity contribution in [2.45, 2.75) is 18.7 Å². The Labute approximate surface area is 133 Å². The van der Waals surface area contributed by atoms with Crippen LogP contribution in [-0.2, 0) is 4.79 Å². The summed E-state index contributed by atoms with van der Waals surface area (Å²) in [5.74, 6) is 0.196. The third kappa shape index (κ3) is 2.99. The molecule has 2 aromatic carbocycles. The molecule has 0 saturated heterocycles. The molecule has 2 N–H and O–H groups in total. The fourth-order valence-electron chi connectivity index (χ4n) is 2.25.